The van der Waals surface area contributed by atoms with E-state index >= 15 is 0 Å². The maximum Gasteiger partial charge on any atom is 0.294 e. The van der Waals surface area contributed by atoms with Crippen molar-refractivity contribution in [3.05, 3.63) is 52.4 Å². The van der Waals surface area contributed by atoms with Gasteiger partial charge in [0.05, 0.1) is 0 Å². The van der Waals surface area contributed by atoms with Gasteiger partial charge in [0.15, 0.2) is 10.4 Å². The van der Waals surface area contributed by atoms with Crippen molar-refractivity contribution in [3.63, 3.8) is 0 Å². The first-order valence-corrected chi connectivity index (χ1v) is 6.55. The van der Waals surface area contributed by atoms with E-state index < -0.39 is 0 Å². The topological polar surface area (TPSA) is 33.5 Å². The molecule has 1 heterocycles. The van der Waals surface area contributed by atoms with Crippen LogP contribution in [0.5, 0.6) is 0 Å². The number of hydrogen-bond acceptors (Lipinski definition) is 2. The van der Waals surface area contributed by atoms with Crippen LogP contribution in [0.15, 0.2) is 45.5 Å². The van der Waals surface area contributed by atoms with Gasteiger partial charge in [0.2, 0.25) is 0 Å². The lowest BCUT2D eigenvalue weighted by molar-refractivity contribution is 0.0960. The third kappa shape index (κ3) is 2.48. The van der Waals surface area contributed by atoms with E-state index in [-0.39, 0.29) is 5.91 Å². The molecule has 1 aromatic carbocycles. The molecule has 2 aromatic rings. The van der Waals surface area contributed by atoms with Gasteiger partial charge < -0.3 is 9.32 Å². The van der Waals surface area contributed by atoms with Crippen LogP contribution in [0.25, 0.3) is 0 Å². The number of aryl methyl sites for hydroxylation is 1. The number of halogens is 1. The molecule has 18 heavy (non-hydrogen) atoms. The van der Waals surface area contributed by atoms with Gasteiger partial charge >= 0.3 is 0 Å². The molecule has 0 spiro atoms. The quantitative estimate of drug-likeness (QED) is 0.858. The smallest absolute Gasteiger partial charge is 0.294 e. The van der Waals surface area contributed by atoms with Crippen LogP contribution in [0.4, 0.5) is 5.69 Å². The standard InChI is InChI=1S/C14H14BrNO2/c1-3-16(11-7-5-4-6-10(11)2)14(17)12-8-9-13(15)18-12/h4-9H,3H2,1-2H3. The van der Waals surface area contributed by atoms with E-state index in [0.717, 1.165) is 11.3 Å². The number of carbonyl (C=O) groups excluding carboxylic acids is 1. The molecule has 0 aliphatic heterocycles. The van der Waals surface area contributed by atoms with E-state index in [2.05, 4.69) is 15.9 Å². The zero-order chi connectivity index (χ0) is 13.1. The van der Waals surface area contributed by atoms with E-state index in [1.54, 1.807) is 17.0 Å². The second kappa shape index (κ2) is 5.40. The van der Waals surface area contributed by atoms with E-state index in [0.29, 0.717) is 17.0 Å². The van der Waals surface area contributed by atoms with Crippen molar-refractivity contribution in [2.75, 3.05) is 11.4 Å². The highest BCUT2D eigenvalue weighted by atomic mass is 79.9. The van der Waals surface area contributed by atoms with E-state index in [9.17, 15) is 4.79 Å². The highest BCUT2D eigenvalue weighted by molar-refractivity contribution is 9.10. The third-order valence-electron chi connectivity index (χ3n) is 2.75. The first kappa shape index (κ1) is 12.9. The fourth-order valence-electron chi connectivity index (χ4n) is 1.85. The molecular weight excluding hydrogens is 294 g/mol. The van der Waals surface area contributed by atoms with Gasteiger partial charge in [0.1, 0.15) is 0 Å². The van der Waals surface area contributed by atoms with Crippen LogP contribution in [0, 0.1) is 6.92 Å². The summed E-state index contributed by atoms with van der Waals surface area (Å²) in [6, 6.07) is 11.2. The average molecular weight is 308 g/mol. The Morgan fingerprint density at radius 1 is 1.28 bits per heavy atom. The lowest BCUT2D eigenvalue weighted by Gasteiger charge is -2.21. The summed E-state index contributed by atoms with van der Waals surface area (Å²) in [5, 5.41) is 0. The number of rotatable bonds is 3. The number of carbonyl (C=O) groups is 1. The van der Waals surface area contributed by atoms with Crippen molar-refractivity contribution in [3.8, 4) is 0 Å². The minimum atomic E-state index is -0.127. The van der Waals surface area contributed by atoms with Crippen molar-refractivity contribution in [2.45, 2.75) is 13.8 Å². The molecule has 1 amide bonds. The summed E-state index contributed by atoms with van der Waals surface area (Å²) in [6.07, 6.45) is 0. The maximum absolute atomic E-state index is 12.4. The molecule has 2 rings (SSSR count). The molecule has 0 unspecified atom stereocenters. The highest BCUT2D eigenvalue weighted by Crippen LogP contribution is 2.23. The number of para-hydroxylation sites is 1. The summed E-state index contributed by atoms with van der Waals surface area (Å²) in [5.41, 5.74) is 1.98. The molecule has 94 valence electrons. The van der Waals surface area contributed by atoms with Crippen molar-refractivity contribution in [1.82, 2.24) is 0 Å². The van der Waals surface area contributed by atoms with Gasteiger partial charge in [0, 0.05) is 12.2 Å². The summed E-state index contributed by atoms with van der Waals surface area (Å²) in [4.78, 5) is 14.1. The zero-order valence-electron chi connectivity index (χ0n) is 10.3. The van der Waals surface area contributed by atoms with Crippen LogP contribution >= 0.6 is 15.9 Å². The Balaban J connectivity index is 2.35. The Bertz CT molecular complexity index is 562. The van der Waals surface area contributed by atoms with Crippen LogP contribution in [0.3, 0.4) is 0 Å². The molecule has 0 fully saturated rings. The summed E-state index contributed by atoms with van der Waals surface area (Å²) >= 11 is 3.20. The maximum atomic E-state index is 12.4. The van der Waals surface area contributed by atoms with E-state index in [1.165, 1.54) is 0 Å². The van der Waals surface area contributed by atoms with Gasteiger partial charge in [-0.1, -0.05) is 18.2 Å². The minimum absolute atomic E-state index is 0.127. The van der Waals surface area contributed by atoms with Crippen LogP contribution in [-0.2, 0) is 0 Å². The van der Waals surface area contributed by atoms with E-state index in [4.69, 9.17) is 4.42 Å². The van der Waals surface area contributed by atoms with Crippen molar-refractivity contribution in [2.24, 2.45) is 0 Å². The van der Waals surface area contributed by atoms with Gasteiger partial charge in [-0.3, -0.25) is 4.79 Å². The molecule has 0 aliphatic rings. The molecule has 4 heteroatoms. The highest BCUT2D eigenvalue weighted by Gasteiger charge is 2.20. The number of hydrogen-bond donors (Lipinski definition) is 0. The van der Waals surface area contributed by atoms with E-state index in [1.807, 2.05) is 38.1 Å². The molecular formula is C14H14BrNO2. The Morgan fingerprint density at radius 3 is 2.56 bits per heavy atom. The lowest BCUT2D eigenvalue weighted by Crippen LogP contribution is -2.30. The van der Waals surface area contributed by atoms with Crippen LogP contribution in [0.2, 0.25) is 0 Å². The number of nitrogens with zero attached hydrogens (tertiary/aromatic N) is 1. The summed E-state index contributed by atoms with van der Waals surface area (Å²) in [5.74, 6) is 0.212. The van der Waals surface area contributed by atoms with Crippen LogP contribution < -0.4 is 4.90 Å². The number of amides is 1. The second-order valence-corrected chi connectivity index (χ2v) is 4.72. The predicted octanol–water partition coefficient (Wildman–Crippen LogP) is 4.02. The molecule has 0 saturated carbocycles. The predicted molar refractivity (Wildman–Crippen MR) is 74.9 cm³/mol. The minimum Gasteiger partial charge on any atom is -0.444 e. The van der Waals surface area contributed by atoms with Crippen LogP contribution in [0.1, 0.15) is 23.0 Å². The average Bonchev–Trinajstić information content (AvgIpc) is 2.79. The molecule has 0 saturated heterocycles. The van der Waals surface area contributed by atoms with Gasteiger partial charge in [-0.15, -0.1) is 0 Å². The third-order valence-corrected chi connectivity index (χ3v) is 3.18. The zero-order valence-corrected chi connectivity index (χ0v) is 11.9. The Morgan fingerprint density at radius 2 is 2.00 bits per heavy atom. The molecule has 0 N–H and O–H groups in total. The Labute approximate surface area is 115 Å². The largest absolute Gasteiger partial charge is 0.444 e. The number of benzene rings is 1. The molecule has 0 bridgehead atoms. The van der Waals surface area contributed by atoms with Gasteiger partial charge in [-0.25, -0.2) is 0 Å². The lowest BCUT2D eigenvalue weighted by atomic mass is 10.1. The normalized spacial score (nSPS) is 10.4. The number of anilines is 1. The molecule has 0 aliphatic carbocycles. The van der Waals surface area contributed by atoms with Crippen LogP contribution in [-0.4, -0.2) is 12.5 Å². The first-order valence-electron chi connectivity index (χ1n) is 5.76. The Kier molecular flexibility index (Phi) is 3.87. The molecule has 0 atom stereocenters. The fourth-order valence-corrected chi connectivity index (χ4v) is 2.16. The number of furan rings is 1. The van der Waals surface area contributed by atoms with Gasteiger partial charge in [-0.05, 0) is 53.5 Å². The summed E-state index contributed by atoms with van der Waals surface area (Å²) in [6.45, 7) is 4.54. The monoisotopic (exact) mass is 307 g/mol. The molecule has 3 nitrogen and oxygen atoms in total. The second-order valence-electron chi connectivity index (χ2n) is 3.94. The molecule has 1 aromatic heterocycles. The van der Waals surface area contributed by atoms with Crippen molar-refractivity contribution >= 4 is 27.5 Å². The van der Waals surface area contributed by atoms with Gasteiger partial charge in [0.25, 0.3) is 5.91 Å². The molecule has 0 radical (unpaired) electrons. The van der Waals surface area contributed by atoms with Crippen molar-refractivity contribution in [1.29, 1.82) is 0 Å². The summed E-state index contributed by atoms with van der Waals surface area (Å²) < 4.78 is 5.88. The summed E-state index contributed by atoms with van der Waals surface area (Å²) in [7, 11) is 0. The first-order chi connectivity index (χ1) is 8.63. The fraction of sp³-hybridized carbons (Fsp3) is 0.214. The van der Waals surface area contributed by atoms with Crippen molar-refractivity contribution < 1.29 is 9.21 Å². The Hall–Kier alpha value is -1.55. The SMILES string of the molecule is CCN(C(=O)c1ccc(Br)o1)c1ccccc1C. The van der Waals surface area contributed by atoms with Gasteiger partial charge in [-0.2, -0.15) is 0 Å².